The van der Waals surface area contributed by atoms with Gasteiger partial charge in [0.2, 0.25) is 0 Å². The SMILES string of the molecule is Nc1cc(C2CCCC2)c(=O)[nH]n1. The van der Waals surface area contributed by atoms with Crippen LogP contribution in [0.1, 0.15) is 37.2 Å². The van der Waals surface area contributed by atoms with Crippen molar-refractivity contribution in [2.45, 2.75) is 31.6 Å². The van der Waals surface area contributed by atoms with Crippen molar-refractivity contribution in [1.29, 1.82) is 0 Å². The van der Waals surface area contributed by atoms with Gasteiger partial charge in [-0.1, -0.05) is 12.8 Å². The number of hydrogen-bond donors (Lipinski definition) is 2. The summed E-state index contributed by atoms with van der Waals surface area (Å²) in [7, 11) is 0. The van der Waals surface area contributed by atoms with Crippen molar-refractivity contribution in [3.8, 4) is 0 Å². The van der Waals surface area contributed by atoms with Crippen LogP contribution in [0, 0.1) is 0 Å². The summed E-state index contributed by atoms with van der Waals surface area (Å²) in [6.45, 7) is 0. The Hall–Kier alpha value is -1.32. The average molecular weight is 179 g/mol. The van der Waals surface area contributed by atoms with E-state index < -0.39 is 0 Å². The number of aromatic nitrogens is 2. The summed E-state index contributed by atoms with van der Waals surface area (Å²) < 4.78 is 0. The number of nitrogens with one attached hydrogen (secondary N) is 1. The highest BCUT2D eigenvalue weighted by molar-refractivity contribution is 5.31. The molecule has 0 spiro atoms. The van der Waals surface area contributed by atoms with Gasteiger partial charge in [-0.2, -0.15) is 5.10 Å². The lowest BCUT2D eigenvalue weighted by molar-refractivity contribution is 0.705. The van der Waals surface area contributed by atoms with E-state index in [1.165, 1.54) is 12.8 Å². The Morgan fingerprint density at radius 1 is 1.46 bits per heavy atom. The fraction of sp³-hybridized carbons (Fsp3) is 0.556. The van der Waals surface area contributed by atoms with Gasteiger partial charge in [0, 0.05) is 5.56 Å². The predicted octanol–water partition coefficient (Wildman–Crippen LogP) is 1.01. The number of hydrogen-bond acceptors (Lipinski definition) is 3. The zero-order valence-electron chi connectivity index (χ0n) is 7.42. The van der Waals surface area contributed by atoms with E-state index >= 15 is 0 Å². The van der Waals surface area contributed by atoms with Gasteiger partial charge in [-0.05, 0) is 24.8 Å². The van der Waals surface area contributed by atoms with E-state index in [9.17, 15) is 4.79 Å². The molecular weight excluding hydrogens is 166 g/mol. The van der Waals surface area contributed by atoms with E-state index in [1.54, 1.807) is 6.07 Å². The van der Waals surface area contributed by atoms with E-state index in [4.69, 9.17) is 5.73 Å². The molecule has 0 amide bonds. The monoisotopic (exact) mass is 179 g/mol. The van der Waals surface area contributed by atoms with Crippen LogP contribution in [-0.2, 0) is 0 Å². The van der Waals surface area contributed by atoms with E-state index in [0.717, 1.165) is 18.4 Å². The number of nitrogens with zero attached hydrogens (tertiary/aromatic N) is 1. The Morgan fingerprint density at radius 2 is 2.15 bits per heavy atom. The van der Waals surface area contributed by atoms with Gasteiger partial charge in [0.25, 0.3) is 5.56 Å². The molecule has 13 heavy (non-hydrogen) atoms. The molecule has 0 aromatic carbocycles. The molecule has 1 aliphatic rings. The van der Waals surface area contributed by atoms with E-state index in [1.807, 2.05) is 0 Å². The van der Waals surface area contributed by atoms with E-state index in [0.29, 0.717) is 11.7 Å². The summed E-state index contributed by atoms with van der Waals surface area (Å²) in [5, 5.41) is 6.07. The third kappa shape index (κ3) is 1.56. The highest BCUT2D eigenvalue weighted by atomic mass is 16.1. The number of nitrogens with two attached hydrogens (primary N) is 1. The number of nitrogen functional groups attached to an aromatic ring is 1. The Labute approximate surface area is 76.2 Å². The summed E-state index contributed by atoms with van der Waals surface area (Å²) in [5.41, 5.74) is 6.24. The smallest absolute Gasteiger partial charge is 0.267 e. The van der Waals surface area contributed by atoms with Gasteiger partial charge >= 0.3 is 0 Å². The molecular formula is C9H13N3O. The average Bonchev–Trinajstić information content (AvgIpc) is 2.61. The second-order valence-electron chi connectivity index (χ2n) is 3.56. The molecule has 0 atom stereocenters. The highest BCUT2D eigenvalue weighted by Crippen LogP contribution is 2.32. The first-order chi connectivity index (χ1) is 6.27. The van der Waals surface area contributed by atoms with Crippen LogP contribution in [-0.4, -0.2) is 10.2 Å². The van der Waals surface area contributed by atoms with Crippen molar-refractivity contribution in [2.75, 3.05) is 5.73 Å². The molecule has 1 fully saturated rings. The first kappa shape index (κ1) is 8.29. The topological polar surface area (TPSA) is 71.8 Å². The van der Waals surface area contributed by atoms with Crippen molar-refractivity contribution >= 4 is 5.82 Å². The first-order valence-corrected chi connectivity index (χ1v) is 4.62. The van der Waals surface area contributed by atoms with Crippen molar-refractivity contribution in [2.24, 2.45) is 0 Å². The molecule has 2 rings (SSSR count). The molecule has 0 bridgehead atoms. The van der Waals surface area contributed by atoms with Gasteiger partial charge in [0.15, 0.2) is 0 Å². The minimum absolute atomic E-state index is 0.0823. The predicted molar refractivity (Wildman–Crippen MR) is 50.5 cm³/mol. The summed E-state index contributed by atoms with van der Waals surface area (Å²) in [6, 6.07) is 1.70. The Balaban J connectivity index is 2.37. The molecule has 0 saturated heterocycles. The number of H-pyrrole nitrogens is 1. The summed E-state index contributed by atoms with van der Waals surface area (Å²) in [6.07, 6.45) is 4.64. The molecule has 0 aliphatic heterocycles. The molecule has 4 nitrogen and oxygen atoms in total. The van der Waals surface area contributed by atoms with Gasteiger partial charge in [-0.25, -0.2) is 5.10 Å². The van der Waals surface area contributed by atoms with Gasteiger partial charge < -0.3 is 5.73 Å². The molecule has 3 N–H and O–H groups in total. The highest BCUT2D eigenvalue weighted by Gasteiger charge is 2.19. The van der Waals surface area contributed by atoms with Crippen LogP contribution in [0.25, 0.3) is 0 Å². The fourth-order valence-corrected chi connectivity index (χ4v) is 1.98. The standard InChI is InChI=1S/C9H13N3O/c10-8-5-7(9(13)12-11-8)6-3-1-2-4-6/h5-6H,1-4H2,(H2,10,11)(H,12,13). The molecule has 1 heterocycles. The fourth-order valence-electron chi connectivity index (χ4n) is 1.98. The van der Waals surface area contributed by atoms with Crippen LogP contribution in [0.5, 0.6) is 0 Å². The van der Waals surface area contributed by atoms with Crippen LogP contribution in [0.4, 0.5) is 5.82 Å². The summed E-state index contributed by atoms with van der Waals surface area (Å²) in [4.78, 5) is 11.4. The molecule has 0 radical (unpaired) electrons. The Bertz CT molecular complexity index is 352. The van der Waals surface area contributed by atoms with Gasteiger partial charge in [0.1, 0.15) is 5.82 Å². The van der Waals surface area contributed by atoms with Crippen LogP contribution >= 0.6 is 0 Å². The lowest BCUT2D eigenvalue weighted by atomic mass is 10.00. The van der Waals surface area contributed by atoms with Crippen LogP contribution in [0.3, 0.4) is 0 Å². The molecule has 1 saturated carbocycles. The number of aromatic amines is 1. The quantitative estimate of drug-likeness (QED) is 0.675. The molecule has 4 heteroatoms. The largest absolute Gasteiger partial charge is 0.382 e. The van der Waals surface area contributed by atoms with E-state index in [-0.39, 0.29) is 5.56 Å². The van der Waals surface area contributed by atoms with Crippen LogP contribution < -0.4 is 11.3 Å². The van der Waals surface area contributed by atoms with Crippen molar-refractivity contribution in [3.05, 3.63) is 22.0 Å². The minimum Gasteiger partial charge on any atom is -0.382 e. The lowest BCUT2D eigenvalue weighted by Crippen LogP contribution is -2.17. The van der Waals surface area contributed by atoms with Crippen LogP contribution in [0.15, 0.2) is 10.9 Å². The molecule has 70 valence electrons. The van der Waals surface area contributed by atoms with Gasteiger partial charge in [-0.3, -0.25) is 4.79 Å². The maximum absolute atomic E-state index is 11.4. The molecule has 1 aliphatic carbocycles. The van der Waals surface area contributed by atoms with Gasteiger partial charge in [0.05, 0.1) is 0 Å². The van der Waals surface area contributed by atoms with Crippen molar-refractivity contribution in [3.63, 3.8) is 0 Å². The number of rotatable bonds is 1. The Morgan fingerprint density at radius 3 is 2.85 bits per heavy atom. The second kappa shape index (κ2) is 3.20. The summed E-state index contributed by atoms with van der Waals surface area (Å²) >= 11 is 0. The second-order valence-corrected chi connectivity index (χ2v) is 3.56. The lowest BCUT2D eigenvalue weighted by Gasteiger charge is -2.07. The van der Waals surface area contributed by atoms with Crippen molar-refractivity contribution < 1.29 is 0 Å². The molecule has 0 unspecified atom stereocenters. The maximum atomic E-state index is 11.4. The zero-order chi connectivity index (χ0) is 9.26. The summed E-state index contributed by atoms with van der Waals surface area (Å²) in [5.74, 6) is 0.801. The third-order valence-electron chi connectivity index (χ3n) is 2.65. The maximum Gasteiger partial charge on any atom is 0.267 e. The van der Waals surface area contributed by atoms with E-state index in [2.05, 4.69) is 10.2 Å². The number of anilines is 1. The molecule has 1 aromatic heterocycles. The van der Waals surface area contributed by atoms with Gasteiger partial charge in [-0.15, -0.1) is 0 Å². The Kier molecular flexibility index (Phi) is 2.04. The first-order valence-electron chi connectivity index (χ1n) is 4.62. The third-order valence-corrected chi connectivity index (χ3v) is 2.65. The molecule has 1 aromatic rings. The van der Waals surface area contributed by atoms with Crippen molar-refractivity contribution in [1.82, 2.24) is 10.2 Å². The minimum atomic E-state index is -0.0823. The zero-order valence-corrected chi connectivity index (χ0v) is 7.42. The van der Waals surface area contributed by atoms with Crippen LogP contribution in [0.2, 0.25) is 0 Å². The normalized spacial score (nSPS) is 17.8.